The molecular formula is C63H126N28O28. The van der Waals surface area contributed by atoms with Crippen molar-refractivity contribution in [2.45, 2.75) is 215 Å². The number of aliphatic hydroxyl groups is 14. The first kappa shape index (κ1) is 97.9. The lowest BCUT2D eigenvalue weighted by Gasteiger charge is -2.50. The summed E-state index contributed by atoms with van der Waals surface area (Å²) >= 11 is 0. The average molecular weight is 1720 g/mol. The van der Waals surface area contributed by atoms with Crippen LogP contribution in [0, 0.1) is 0 Å². The van der Waals surface area contributed by atoms with Crippen LogP contribution in [-0.2, 0) is 66.3 Å². The van der Waals surface area contributed by atoms with E-state index in [0.717, 1.165) is 0 Å². The van der Waals surface area contributed by atoms with E-state index in [9.17, 15) is 71.5 Å². The van der Waals surface area contributed by atoms with Crippen molar-refractivity contribution in [2.24, 2.45) is 115 Å². The number of aliphatic imine (C=N–C) groups is 7. The molecule has 49 N–H and O–H groups in total. The molecule has 0 aromatic rings. The predicted molar refractivity (Wildman–Crippen MR) is 414 cm³/mol. The van der Waals surface area contributed by atoms with Crippen LogP contribution >= 0.6 is 0 Å². The fourth-order valence-corrected chi connectivity index (χ4v) is 14.1. The summed E-state index contributed by atoms with van der Waals surface area (Å²) in [5.41, 5.74) is 78.4. The van der Waals surface area contributed by atoms with Gasteiger partial charge in [-0.2, -0.15) is 0 Å². The van der Waals surface area contributed by atoms with E-state index in [0.29, 0.717) is 0 Å². The second-order valence-corrected chi connectivity index (χ2v) is 28.9. The van der Waals surface area contributed by atoms with Gasteiger partial charge in [0, 0.05) is 91.6 Å². The van der Waals surface area contributed by atoms with Gasteiger partial charge in [-0.25, -0.2) is 0 Å². The van der Waals surface area contributed by atoms with Crippen molar-refractivity contribution in [3.05, 3.63) is 0 Å². The zero-order chi connectivity index (χ0) is 86.9. The lowest BCUT2D eigenvalue weighted by atomic mass is 9.94. The van der Waals surface area contributed by atoms with Crippen LogP contribution in [0.2, 0.25) is 0 Å². The quantitative estimate of drug-likeness (QED) is 0.0159. The maximum atomic E-state index is 12.4. The summed E-state index contributed by atoms with van der Waals surface area (Å²) in [5.74, 6) is -1.83. The molecule has 0 aromatic heterocycles. The van der Waals surface area contributed by atoms with Crippen LogP contribution < -0.4 is 117 Å². The van der Waals surface area contributed by atoms with Crippen molar-refractivity contribution in [3.63, 3.8) is 0 Å². The molecule has 21 aliphatic rings. The highest BCUT2D eigenvalue weighted by Crippen LogP contribution is 2.39. The van der Waals surface area contributed by atoms with E-state index >= 15 is 0 Å². The van der Waals surface area contributed by atoms with E-state index < -0.39 is 215 Å². The van der Waals surface area contributed by atoms with Gasteiger partial charge in [-0.3, -0.25) is 34.9 Å². The highest BCUT2D eigenvalue weighted by atomic mass is 16.8. The molecule has 0 aliphatic carbocycles. The lowest BCUT2D eigenvalue weighted by Crippen LogP contribution is -2.69. The Labute approximate surface area is 682 Å². The first-order valence-corrected chi connectivity index (χ1v) is 38.7. The summed E-state index contributed by atoms with van der Waals surface area (Å²) in [6, 6.07) is 0. The van der Waals surface area contributed by atoms with E-state index in [4.69, 9.17) is 147 Å². The molecule has 35 atom stereocenters. The van der Waals surface area contributed by atoms with Crippen LogP contribution in [0.15, 0.2) is 34.9 Å². The Morgan fingerprint density at radius 3 is 0.387 bits per heavy atom. The molecule has 0 radical (unpaired) electrons. The summed E-state index contributed by atoms with van der Waals surface area (Å²) in [7, 11) is 0. The van der Waals surface area contributed by atoms with Gasteiger partial charge in [0.2, 0.25) is 0 Å². The third kappa shape index (κ3) is 28.3. The molecule has 0 aromatic carbocycles. The van der Waals surface area contributed by atoms with Crippen LogP contribution in [0.4, 0.5) is 0 Å². The smallest absolute Gasteiger partial charge is 0.187 e. The molecule has 0 spiro atoms. The van der Waals surface area contributed by atoms with Crippen LogP contribution in [0.5, 0.6) is 0 Å². The third-order valence-electron chi connectivity index (χ3n) is 20.0. The number of guanidine groups is 7. The van der Waals surface area contributed by atoms with Gasteiger partial charge in [-0.1, -0.05) is 0 Å². The monoisotopic (exact) mass is 1720 g/mol. The Hall–Kier alpha value is -6.51. The van der Waals surface area contributed by atoms with E-state index in [1.165, 1.54) is 0 Å². The first-order valence-electron chi connectivity index (χ1n) is 38.7. The van der Waals surface area contributed by atoms with E-state index in [1.807, 2.05) is 0 Å². The minimum atomic E-state index is -2.19. The highest BCUT2D eigenvalue weighted by Gasteiger charge is 2.60. The first-order chi connectivity index (χ1) is 56.6. The Bertz CT molecular complexity index is 2650. The number of nitrogens with one attached hydrogen (secondary N) is 7. The molecule has 0 saturated carbocycles. The summed E-state index contributed by atoms with van der Waals surface area (Å²) < 4.78 is 89.3. The van der Waals surface area contributed by atoms with Crippen molar-refractivity contribution < 1.29 is 138 Å². The molecule has 14 bridgehead atoms. The molecule has 0 amide bonds. The van der Waals surface area contributed by atoms with Gasteiger partial charge in [0.15, 0.2) is 85.7 Å². The number of hydrogen-bond acceptors (Lipinski definition) is 42. The van der Waals surface area contributed by atoms with Crippen molar-refractivity contribution in [1.29, 1.82) is 0 Å². The van der Waals surface area contributed by atoms with Crippen LogP contribution in [0.25, 0.3) is 0 Å². The number of rotatable bonds is 35. The van der Waals surface area contributed by atoms with Gasteiger partial charge in [0.25, 0.3) is 0 Å². The van der Waals surface area contributed by atoms with Crippen molar-refractivity contribution in [2.75, 3.05) is 137 Å². The summed E-state index contributed by atoms with van der Waals surface area (Å²) in [5, 5.41) is 193. The molecule has 21 rings (SSSR count). The number of ether oxygens (including phenoxy) is 14. The summed E-state index contributed by atoms with van der Waals surface area (Å²) in [6.07, 6.45) is -67.3. The molecule has 119 heavy (non-hydrogen) atoms. The lowest BCUT2D eigenvalue weighted by molar-refractivity contribution is -0.392. The maximum Gasteiger partial charge on any atom is 0.187 e. The van der Waals surface area contributed by atoms with E-state index in [2.05, 4.69) is 72.2 Å². The number of nitrogens with zero attached hydrogens (tertiary/aromatic N) is 7. The predicted octanol–water partition coefficient (Wildman–Crippen LogP) is -23.1. The Morgan fingerprint density at radius 2 is 0.286 bits per heavy atom. The molecule has 21 fully saturated rings. The maximum absolute atomic E-state index is 12.4. The Balaban J connectivity index is 1.22. The van der Waals surface area contributed by atoms with Crippen molar-refractivity contribution in [3.8, 4) is 0 Å². The minimum Gasteiger partial charge on any atom is -0.387 e. The Kier molecular flexibility index (Phi) is 39.5. The molecular weight excluding hydrogens is 1600 g/mol. The molecule has 0 unspecified atom stereocenters. The number of nitrogens with two attached hydrogens (primary N) is 14. The highest BCUT2D eigenvalue weighted by molar-refractivity contribution is 5.77. The zero-order valence-corrected chi connectivity index (χ0v) is 65.2. The molecule has 56 nitrogen and oxygen atoms in total. The fraction of sp³-hybridized carbons (Fsp3) is 0.889. The average Bonchev–Trinajstić information content (AvgIpc) is 0.957. The van der Waals surface area contributed by atoms with Gasteiger partial charge in [0.05, 0.1) is 45.8 Å². The van der Waals surface area contributed by atoms with Crippen molar-refractivity contribution >= 4 is 41.7 Å². The zero-order valence-electron chi connectivity index (χ0n) is 65.2. The molecule has 21 saturated heterocycles. The number of aliphatic hydroxyl groups excluding tert-OH is 14. The van der Waals surface area contributed by atoms with Crippen LogP contribution in [-0.4, -0.2) is 466 Å². The molecule has 21 heterocycles. The van der Waals surface area contributed by atoms with E-state index in [1.54, 1.807) is 0 Å². The molecule has 56 heteroatoms. The van der Waals surface area contributed by atoms with Crippen LogP contribution in [0.3, 0.4) is 0 Å². The SMILES string of the molecule is NC(N)=NCCNC[C@H]1O[C@@H]2O[C@H]3[C@H](O)[C@@H](O)[C@@H](O[C@H]4[C@H](O)[C@@H](O)[C@@H](O[C@H]5[C@H](O)[C@@H](O)[C@@H](O[C@H]6[C@H](O)[C@@H](O)[C@@H](O[C@H]7[C@@H](O)[C@H](O)[C@@H](O[C@H]8[C@@H](O)[C@H](O)[C@@H](O[C@H]1[C@H](O)[C@@H]2O)O[C@@H]8CNCCN=C(N)N)O[C@@H]7CNCCN=C(N)N)O[C@@H]6CNCCN=C(N)N)O[C@@H]5CNCCN=C(N)N)O[C@@H]4CNCCN=C(N)N)O[C@@H]3CNCCN=C(N)N. The van der Waals surface area contributed by atoms with Gasteiger partial charge < -0.3 is 255 Å². The Morgan fingerprint density at radius 1 is 0.176 bits per heavy atom. The second-order valence-electron chi connectivity index (χ2n) is 28.9. The van der Waals surface area contributed by atoms with Gasteiger partial charge in [-0.05, 0) is 0 Å². The molecule has 21 aliphatic heterocycles. The van der Waals surface area contributed by atoms with Gasteiger partial charge in [0.1, 0.15) is 171 Å². The standard InChI is InChI=1S/C63H126N28O28/c64-57(65)85-8-1-78-15-22-43-29(92)36(99)50(106-22)114-44-23(16-79-2-9-86-58(66)67)108-52(38(101)31(44)94)116-46-25(18-81-4-11-88-60(70)71)110-54(40(103)33(46)96)118-48-27(20-83-6-13-90-62(74)75)112-56(42(105)35(48)98)119-49-28(21-84-7-14-91-63(76)77)111-55(41(104)34(49)97)117-47-26(19-82-5-12-89-61(72)73)109-53(39(102)32(47)95)115-45-24(17-80-3-10-87-59(68)69)107-51(113-43)37(100)30(45)93/h22-56,78-84,92-105H,1-21H2,(H4,64,65,85)(H4,66,67,86)(H4,68,69,87)(H4,70,71,88)(H4,72,73,89)(H4,74,75,90)(H4,76,77,91)/t22-,23-,24-,25-,26-,27-,28-,29-,30-,31-,32-,33-,34+,35+,36-,37-,38-,39+,40-,41+,42+,43-,44-,45-,46-,47-,48-,49-,50-,51-,52-,53-,54-,55-,56-/m1/s1. The van der Waals surface area contributed by atoms with Crippen molar-refractivity contribution in [1.82, 2.24) is 37.2 Å². The molecule has 686 valence electrons. The fourth-order valence-electron chi connectivity index (χ4n) is 14.1. The topological polar surface area (TPSA) is 947 Å². The minimum absolute atomic E-state index is 0.0176. The van der Waals surface area contributed by atoms with Gasteiger partial charge >= 0.3 is 0 Å². The third-order valence-corrected chi connectivity index (χ3v) is 20.0. The summed E-state index contributed by atoms with van der Waals surface area (Å²) in [4.78, 5) is 27.8. The normalized spacial score (nSPS) is 39.5. The largest absolute Gasteiger partial charge is 0.387 e. The van der Waals surface area contributed by atoms with E-state index in [-0.39, 0.29) is 179 Å². The van der Waals surface area contributed by atoms with Gasteiger partial charge in [-0.15, -0.1) is 0 Å². The number of hydrogen-bond donors (Lipinski definition) is 35. The van der Waals surface area contributed by atoms with Crippen LogP contribution in [0.1, 0.15) is 0 Å². The summed E-state index contributed by atoms with van der Waals surface area (Å²) in [6.45, 7) is -2.32. The second kappa shape index (κ2) is 47.9.